The SMILES string of the molecule is CCS[C@@H]1O[C@H](CO)[C@H](OC(=O)C(C)C)[C@H](OC(=O)C(C)C)[C@H]1N=[N+]=[N-]. The molecule has 1 rings (SSSR count). The molecule has 1 heterocycles. The van der Waals surface area contributed by atoms with Gasteiger partial charge < -0.3 is 19.3 Å². The first kappa shape index (κ1) is 22.6. The smallest absolute Gasteiger partial charge is 0.308 e. The third-order valence-corrected chi connectivity index (χ3v) is 4.81. The zero-order chi connectivity index (χ0) is 19.9. The van der Waals surface area contributed by atoms with Gasteiger partial charge in [-0.2, -0.15) is 0 Å². The van der Waals surface area contributed by atoms with Crippen LogP contribution >= 0.6 is 11.8 Å². The van der Waals surface area contributed by atoms with E-state index >= 15 is 0 Å². The Bertz CT molecular complexity index is 538. The van der Waals surface area contributed by atoms with Gasteiger partial charge in [-0.15, -0.1) is 11.8 Å². The van der Waals surface area contributed by atoms with Crippen LogP contribution in [0.25, 0.3) is 10.4 Å². The Morgan fingerprint density at radius 2 is 1.73 bits per heavy atom. The third-order valence-electron chi connectivity index (χ3n) is 3.76. The van der Waals surface area contributed by atoms with Gasteiger partial charge in [0, 0.05) is 4.91 Å². The Labute approximate surface area is 157 Å². The van der Waals surface area contributed by atoms with Gasteiger partial charge in [-0.25, -0.2) is 0 Å². The van der Waals surface area contributed by atoms with Crippen LogP contribution in [0.5, 0.6) is 0 Å². The van der Waals surface area contributed by atoms with Gasteiger partial charge >= 0.3 is 11.9 Å². The minimum atomic E-state index is -1.07. The van der Waals surface area contributed by atoms with Crippen LogP contribution in [-0.2, 0) is 23.8 Å². The lowest BCUT2D eigenvalue weighted by Crippen LogP contribution is -2.60. The van der Waals surface area contributed by atoms with Crippen molar-refractivity contribution >= 4 is 23.7 Å². The first-order valence-electron chi connectivity index (χ1n) is 8.59. The summed E-state index contributed by atoms with van der Waals surface area (Å²) in [6.45, 7) is 8.12. The van der Waals surface area contributed by atoms with Gasteiger partial charge in [0.2, 0.25) is 0 Å². The molecule has 5 atom stereocenters. The molecule has 1 fully saturated rings. The number of thioether (sulfide) groups is 1. The number of aliphatic hydroxyl groups is 1. The van der Waals surface area contributed by atoms with Crippen LogP contribution in [0.2, 0.25) is 0 Å². The highest BCUT2D eigenvalue weighted by atomic mass is 32.2. The van der Waals surface area contributed by atoms with Gasteiger partial charge in [-0.3, -0.25) is 9.59 Å². The van der Waals surface area contributed by atoms with E-state index in [4.69, 9.17) is 19.7 Å². The second-order valence-electron chi connectivity index (χ2n) is 6.49. The van der Waals surface area contributed by atoms with E-state index in [9.17, 15) is 14.7 Å². The highest BCUT2D eigenvalue weighted by Gasteiger charge is 2.50. The number of aliphatic hydroxyl groups excluding tert-OH is 1. The maximum atomic E-state index is 12.2. The first-order valence-corrected chi connectivity index (χ1v) is 9.64. The number of rotatable bonds is 8. The molecule has 10 heteroatoms. The summed E-state index contributed by atoms with van der Waals surface area (Å²) in [6.07, 6.45) is -3.00. The van der Waals surface area contributed by atoms with Gasteiger partial charge in [-0.05, 0) is 11.3 Å². The van der Waals surface area contributed by atoms with Crippen molar-refractivity contribution in [1.82, 2.24) is 0 Å². The normalized spacial score (nSPS) is 28.5. The van der Waals surface area contributed by atoms with Crippen LogP contribution in [0, 0.1) is 11.8 Å². The van der Waals surface area contributed by atoms with Gasteiger partial charge in [0.05, 0.1) is 18.4 Å². The molecule has 0 bridgehead atoms. The van der Waals surface area contributed by atoms with Crippen LogP contribution in [0.4, 0.5) is 0 Å². The fraction of sp³-hybridized carbons (Fsp3) is 0.875. The van der Waals surface area contributed by atoms with Crippen LogP contribution in [0.15, 0.2) is 5.11 Å². The minimum absolute atomic E-state index is 0.420. The van der Waals surface area contributed by atoms with Gasteiger partial charge in [0.25, 0.3) is 0 Å². The number of ether oxygens (including phenoxy) is 3. The highest BCUT2D eigenvalue weighted by Crippen LogP contribution is 2.34. The summed E-state index contributed by atoms with van der Waals surface area (Å²) < 4.78 is 16.8. The van der Waals surface area contributed by atoms with Gasteiger partial charge in [-0.1, -0.05) is 39.7 Å². The molecule has 0 spiro atoms. The summed E-state index contributed by atoms with van der Waals surface area (Å²) in [5.74, 6) is -1.23. The van der Waals surface area contributed by atoms with Crippen LogP contribution in [-0.4, -0.2) is 59.2 Å². The monoisotopic (exact) mass is 389 g/mol. The Kier molecular flexibility index (Phi) is 9.21. The number of hydrogen-bond donors (Lipinski definition) is 1. The van der Waals surface area contributed by atoms with E-state index in [0.717, 1.165) is 0 Å². The van der Waals surface area contributed by atoms with Crippen molar-refractivity contribution in [2.24, 2.45) is 17.0 Å². The summed E-state index contributed by atoms with van der Waals surface area (Å²) in [7, 11) is 0. The molecule has 0 aromatic rings. The van der Waals surface area contributed by atoms with E-state index in [2.05, 4.69) is 10.0 Å². The van der Waals surface area contributed by atoms with Crippen molar-refractivity contribution in [3.8, 4) is 0 Å². The molecule has 1 N–H and O–H groups in total. The molecular formula is C16H27N3O6S. The van der Waals surface area contributed by atoms with E-state index in [0.29, 0.717) is 5.75 Å². The van der Waals surface area contributed by atoms with Crippen molar-refractivity contribution in [2.45, 2.75) is 64.4 Å². The number of carbonyl (C=O) groups is 2. The predicted octanol–water partition coefficient (Wildman–Crippen LogP) is 2.27. The standard InChI is InChI=1S/C16H27N3O6S/c1-6-26-16-11(18-19-17)13(25-15(22)9(4)5)12(10(7-20)23-16)24-14(21)8(2)3/h8-13,16,20H,6-7H2,1-5H3/t10-,11-,12+,13-,16+/m1/s1. The topological polar surface area (TPSA) is 131 Å². The van der Waals surface area contributed by atoms with Crippen LogP contribution in [0.1, 0.15) is 34.6 Å². The molecule has 148 valence electrons. The van der Waals surface area contributed by atoms with E-state index < -0.39 is 60.2 Å². The number of hydrogen-bond acceptors (Lipinski definition) is 8. The second-order valence-corrected chi connectivity index (χ2v) is 7.86. The molecule has 1 saturated heterocycles. The number of esters is 2. The minimum Gasteiger partial charge on any atom is -0.458 e. The fourth-order valence-electron chi connectivity index (χ4n) is 2.34. The number of carbonyl (C=O) groups excluding carboxylic acids is 2. The fourth-order valence-corrected chi connectivity index (χ4v) is 3.30. The lowest BCUT2D eigenvalue weighted by Gasteiger charge is -2.43. The Hall–Kier alpha value is -1.48. The maximum absolute atomic E-state index is 12.2. The molecule has 0 saturated carbocycles. The molecule has 0 radical (unpaired) electrons. The van der Waals surface area contributed by atoms with Crippen molar-refractivity contribution in [3.05, 3.63) is 10.4 Å². The largest absolute Gasteiger partial charge is 0.458 e. The van der Waals surface area contributed by atoms with Crippen LogP contribution in [0.3, 0.4) is 0 Å². The van der Waals surface area contributed by atoms with Crippen molar-refractivity contribution in [2.75, 3.05) is 12.4 Å². The van der Waals surface area contributed by atoms with Crippen molar-refractivity contribution in [3.63, 3.8) is 0 Å². The summed E-state index contributed by atoms with van der Waals surface area (Å²) in [5.41, 5.74) is 8.31. The van der Waals surface area contributed by atoms with Gasteiger partial charge in [0.15, 0.2) is 12.2 Å². The van der Waals surface area contributed by atoms with Gasteiger partial charge in [0.1, 0.15) is 17.6 Å². The zero-order valence-corrected chi connectivity index (χ0v) is 16.5. The van der Waals surface area contributed by atoms with E-state index in [1.54, 1.807) is 27.7 Å². The quantitative estimate of drug-likeness (QED) is 0.291. The summed E-state index contributed by atoms with van der Waals surface area (Å²) >= 11 is 1.36. The third kappa shape index (κ3) is 5.77. The molecule has 0 unspecified atom stereocenters. The van der Waals surface area contributed by atoms with E-state index in [-0.39, 0.29) is 0 Å². The number of nitrogens with zero attached hydrogens (tertiary/aromatic N) is 3. The molecule has 0 aromatic heterocycles. The van der Waals surface area contributed by atoms with E-state index in [1.165, 1.54) is 11.8 Å². The molecule has 26 heavy (non-hydrogen) atoms. The first-order chi connectivity index (χ1) is 12.3. The van der Waals surface area contributed by atoms with Crippen LogP contribution < -0.4 is 0 Å². The average molecular weight is 389 g/mol. The van der Waals surface area contributed by atoms with E-state index in [1.807, 2.05) is 6.92 Å². The molecule has 9 nitrogen and oxygen atoms in total. The average Bonchev–Trinajstić information content (AvgIpc) is 2.59. The lowest BCUT2D eigenvalue weighted by atomic mass is 9.97. The maximum Gasteiger partial charge on any atom is 0.308 e. The Morgan fingerprint density at radius 3 is 2.15 bits per heavy atom. The van der Waals surface area contributed by atoms with Crippen molar-refractivity contribution < 1.29 is 28.9 Å². The molecule has 1 aliphatic heterocycles. The predicted molar refractivity (Wildman–Crippen MR) is 96.2 cm³/mol. The second kappa shape index (κ2) is 10.6. The summed E-state index contributed by atoms with van der Waals surface area (Å²) in [4.78, 5) is 27.1. The Morgan fingerprint density at radius 1 is 1.19 bits per heavy atom. The Balaban J connectivity index is 3.26. The number of azide groups is 1. The molecule has 0 amide bonds. The highest BCUT2D eigenvalue weighted by molar-refractivity contribution is 7.99. The summed E-state index contributed by atoms with van der Waals surface area (Å²) in [6, 6.07) is -0.889. The molecule has 0 aliphatic carbocycles. The zero-order valence-electron chi connectivity index (χ0n) is 15.7. The summed E-state index contributed by atoms with van der Waals surface area (Å²) in [5, 5.41) is 13.4. The molecule has 0 aromatic carbocycles. The molecular weight excluding hydrogens is 362 g/mol. The lowest BCUT2D eigenvalue weighted by molar-refractivity contribution is -0.211. The van der Waals surface area contributed by atoms with Crippen molar-refractivity contribution in [1.29, 1.82) is 0 Å². The molecule has 1 aliphatic rings.